The van der Waals surface area contributed by atoms with E-state index in [1.807, 2.05) is 24.3 Å². The van der Waals surface area contributed by atoms with Gasteiger partial charge in [-0.1, -0.05) is 18.2 Å². The van der Waals surface area contributed by atoms with Gasteiger partial charge < -0.3 is 20.3 Å². The molecule has 1 heterocycles. The van der Waals surface area contributed by atoms with Crippen molar-refractivity contribution in [3.8, 4) is 5.75 Å². The molecule has 3 rings (SSSR count). The van der Waals surface area contributed by atoms with E-state index in [2.05, 4.69) is 10.6 Å². The molecule has 0 bridgehead atoms. The molecule has 2 aromatic rings. The van der Waals surface area contributed by atoms with E-state index < -0.39 is 0 Å². The van der Waals surface area contributed by atoms with Crippen LogP contribution < -0.4 is 15.4 Å². The van der Waals surface area contributed by atoms with E-state index in [1.165, 1.54) is 12.1 Å². The maximum absolute atomic E-state index is 13.3. The number of nitrogens with zero attached hydrogens (tertiary/aromatic N) is 1. The second kappa shape index (κ2) is 7.88. The molecule has 0 unspecified atom stereocenters. The maximum atomic E-state index is 13.3. The SMILES string of the molecule is COc1ccccc1NC(=O)N1CCC[C@H](Nc2cccc(F)c2)C1. The van der Waals surface area contributed by atoms with Crippen LogP contribution in [0.3, 0.4) is 0 Å². The molecule has 132 valence electrons. The summed E-state index contributed by atoms with van der Waals surface area (Å²) < 4.78 is 18.6. The van der Waals surface area contributed by atoms with Crippen LogP contribution in [0.4, 0.5) is 20.6 Å². The van der Waals surface area contributed by atoms with Crippen LogP contribution in [0.2, 0.25) is 0 Å². The third-order valence-corrected chi connectivity index (χ3v) is 4.25. The summed E-state index contributed by atoms with van der Waals surface area (Å²) in [7, 11) is 1.57. The summed E-state index contributed by atoms with van der Waals surface area (Å²) in [5, 5.41) is 6.21. The number of likely N-dealkylation sites (tertiary alicyclic amines) is 1. The Bertz CT molecular complexity index is 738. The molecule has 5 nitrogen and oxygen atoms in total. The van der Waals surface area contributed by atoms with Crippen LogP contribution in [0.15, 0.2) is 48.5 Å². The zero-order chi connectivity index (χ0) is 17.6. The topological polar surface area (TPSA) is 53.6 Å². The lowest BCUT2D eigenvalue weighted by Gasteiger charge is -2.33. The fourth-order valence-corrected chi connectivity index (χ4v) is 3.04. The van der Waals surface area contributed by atoms with Gasteiger partial charge in [0.15, 0.2) is 0 Å². The lowest BCUT2D eigenvalue weighted by atomic mass is 10.1. The van der Waals surface area contributed by atoms with E-state index >= 15 is 0 Å². The zero-order valence-electron chi connectivity index (χ0n) is 14.2. The number of nitrogens with one attached hydrogen (secondary N) is 2. The lowest BCUT2D eigenvalue weighted by molar-refractivity contribution is 0.196. The average molecular weight is 343 g/mol. The maximum Gasteiger partial charge on any atom is 0.322 e. The number of hydrogen-bond donors (Lipinski definition) is 2. The van der Waals surface area contributed by atoms with E-state index in [1.54, 1.807) is 24.1 Å². The first-order chi connectivity index (χ1) is 12.2. The third kappa shape index (κ3) is 4.41. The van der Waals surface area contributed by atoms with Crippen molar-refractivity contribution >= 4 is 17.4 Å². The highest BCUT2D eigenvalue weighted by Crippen LogP contribution is 2.24. The minimum atomic E-state index is -0.272. The standard InChI is InChI=1S/C19H22FN3O2/c1-25-18-10-3-2-9-17(18)22-19(24)23-11-5-8-16(13-23)21-15-7-4-6-14(20)12-15/h2-4,6-7,9-10,12,16,21H,5,8,11,13H2,1H3,(H,22,24)/t16-/m0/s1. The molecule has 6 heteroatoms. The quantitative estimate of drug-likeness (QED) is 0.884. The largest absolute Gasteiger partial charge is 0.495 e. The number of methoxy groups -OCH3 is 1. The first-order valence-corrected chi connectivity index (χ1v) is 8.37. The summed E-state index contributed by atoms with van der Waals surface area (Å²) in [6, 6.07) is 13.6. The Kier molecular flexibility index (Phi) is 5.38. The van der Waals surface area contributed by atoms with Crippen LogP contribution in [0.5, 0.6) is 5.75 Å². The third-order valence-electron chi connectivity index (χ3n) is 4.25. The molecule has 1 aliphatic heterocycles. The summed E-state index contributed by atoms with van der Waals surface area (Å²) in [5.74, 6) is 0.355. The number of piperidine rings is 1. The highest BCUT2D eigenvalue weighted by Gasteiger charge is 2.24. The molecule has 1 atom stereocenters. The van der Waals surface area contributed by atoms with Gasteiger partial charge in [-0.25, -0.2) is 9.18 Å². The van der Waals surface area contributed by atoms with E-state index in [-0.39, 0.29) is 17.9 Å². The van der Waals surface area contributed by atoms with Crippen molar-refractivity contribution in [2.75, 3.05) is 30.8 Å². The predicted molar refractivity (Wildman–Crippen MR) is 96.6 cm³/mol. The van der Waals surface area contributed by atoms with Gasteiger partial charge in [-0.3, -0.25) is 0 Å². The van der Waals surface area contributed by atoms with Crippen molar-refractivity contribution in [2.45, 2.75) is 18.9 Å². The number of urea groups is 1. The number of amides is 2. The van der Waals surface area contributed by atoms with Crippen molar-refractivity contribution in [1.29, 1.82) is 0 Å². The van der Waals surface area contributed by atoms with Gasteiger partial charge in [0, 0.05) is 24.8 Å². The van der Waals surface area contributed by atoms with Gasteiger partial charge >= 0.3 is 6.03 Å². The monoisotopic (exact) mass is 343 g/mol. The van der Waals surface area contributed by atoms with Crippen LogP contribution in [0.25, 0.3) is 0 Å². The highest BCUT2D eigenvalue weighted by atomic mass is 19.1. The van der Waals surface area contributed by atoms with Gasteiger partial charge in [0.1, 0.15) is 11.6 Å². The minimum absolute atomic E-state index is 0.0963. The van der Waals surface area contributed by atoms with E-state index in [9.17, 15) is 9.18 Å². The smallest absolute Gasteiger partial charge is 0.322 e. The molecular formula is C19H22FN3O2. The number of carbonyl (C=O) groups is 1. The first kappa shape index (κ1) is 17.1. The number of carbonyl (C=O) groups excluding carboxylic acids is 1. The fourth-order valence-electron chi connectivity index (χ4n) is 3.04. The number of halogens is 1. The Morgan fingerprint density at radius 1 is 1.24 bits per heavy atom. The molecule has 0 aromatic heterocycles. The molecule has 2 N–H and O–H groups in total. The van der Waals surface area contributed by atoms with Gasteiger partial charge in [-0.2, -0.15) is 0 Å². The second-order valence-corrected chi connectivity index (χ2v) is 6.07. The van der Waals surface area contributed by atoms with Crippen LogP contribution >= 0.6 is 0 Å². The van der Waals surface area contributed by atoms with Gasteiger partial charge in [-0.15, -0.1) is 0 Å². The fraction of sp³-hybridized carbons (Fsp3) is 0.316. The molecule has 0 radical (unpaired) electrons. The molecule has 1 aliphatic rings. The number of ether oxygens (including phenoxy) is 1. The predicted octanol–water partition coefficient (Wildman–Crippen LogP) is 3.94. The number of rotatable bonds is 4. The summed E-state index contributed by atoms with van der Waals surface area (Å²) in [6.45, 7) is 1.26. The van der Waals surface area contributed by atoms with Crippen molar-refractivity contribution < 1.29 is 13.9 Å². The molecule has 0 saturated carbocycles. The van der Waals surface area contributed by atoms with Crippen LogP contribution in [0.1, 0.15) is 12.8 Å². The summed E-state index contributed by atoms with van der Waals surface area (Å²) >= 11 is 0. The molecule has 1 saturated heterocycles. The Morgan fingerprint density at radius 3 is 2.88 bits per heavy atom. The van der Waals surface area contributed by atoms with Gasteiger partial charge in [0.05, 0.1) is 12.8 Å². The number of hydrogen-bond acceptors (Lipinski definition) is 3. The summed E-state index contributed by atoms with van der Waals surface area (Å²) in [5.41, 5.74) is 1.38. The highest BCUT2D eigenvalue weighted by molar-refractivity contribution is 5.91. The Balaban J connectivity index is 1.61. The number of para-hydroxylation sites is 2. The Morgan fingerprint density at radius 2 is 2.08 bits per heavy atom. The van der Waals surface area contributed by atoms with Crippen molar-refractivity contribution in [2.24, 2.45) is 0 Å². The Hall–Kier alpha value is -2.76. The molecule has 1 fully saturated rings. The van der Waals surface area contributed by atoms with E-state index in [4.69, 9.17) is 4.74 Å². The van der Waals surface area contributed by atoms with Crippen LogP contribution in [-0.4, -0.2) is 37.2 Å². The molecule has 25 heavy (non-hydrogen) atoms. The molecule has 0 aliphatic carbocycles. The van der Waals surface area contributed by atoms with E-state index in [0.29, 0.717) is 24.5 Å². The van der Waals surface area contributed by atoms with Gasteiger partial charge in [0.2, 0.25) is 0 Å². The first-order valence-electron chi connectivity index (χ1n) is 8.37. The van der Waals surface area contributed by atoms with Crippen LogP contribution in [0, 0.1) is 5.82 Å². The average Bonchev–Trinajstić information content (AvgIpc) is 2.62. The second-order valence-electron chi connectivity index (χ2n) is 6.07. The zero-order valence-corrected chi connectivity index (χ0v) is 14.2. The summed E-state index contributed by atoms with van der Waals surface area (Å²) in [4.78, 5) is 14.3. The van der Waals surface area contributed by atoms with Crippen molar-refractivity contribution in [3.63, 3.8) is 0 Å². The summed E-state index contributed by atoms with van der Waals surface area (Å²) in [6.07, 6.45) is 1.83. The van der Waals surface area contributed by atoms with Gasteiger partial charge in [0.25, 0.3) is 0 Å². The number of benzene rings is 2. The van der Waals surface area contributed by atoms with E-state index in [0.717, 1.165) is 18.5 Å². The minimum Gasteiger partial charge on any atom is -0.495 e. The number of anilines is 2. The molecular weight excluding hydrogens is 321 g/mol. The van der Waals surface area contributed by atoms with Crippen molar-refractivity contribution in [3.05, 3.63) is 54.3 Å². The molecule has 2 aromatic carbocycles. The molecule has 2 amide bonds. The Labute approximate surface area is 146 Å². The molecule has 0 spiro atoms. The normalized spacial score (nSPS) is 17.0. The van der Waals surface area contributed by atoms with Crippen LogP contribution in [-0.2, 0) is 0 Å². The van der Waals surface area contributed by atoms with Crippen molar-refractivity contribution in [1.82, 2.24) is 4.90 Å². The van der Waals surface area contributed by atoms with Gasteiger partial charge in [-0.05, 0) is 43.2 Å². The lowest BCUT2D eigenvalue weighted by Crippen LogP contribution is -2.46.